The predicted molar refractivity (Wildman–Crippen MR) is 118 cm³/mol. The zero-order valence-corrected chi connectivity index (χ0v) is 17.4. The molecule has 31 heavy (non-hydrogen) atoms. The molecular weight excluding hydrogens is 392 g/mol. The molecule has 3 aromatic rings. The highest BCUT2D eigenvalue weighted by Gasteiger charge is 2.13. The molecule has 0 aromatic heterocycles. The lowest BCUT2D eigenvalue weighted by Crippen LogP contribution is -2.15. The Morgan fingerprint density at radius 3 is 1.90 bits per heavy atom. The van der Waals surface area contributed by atoms with Crippen LogP contribution in [0.5, 0.6) is 5.75 Å². The summed E-state index contributed by atoms with van der Waals surface area (Å²) in [5.74, 6) is -0.337. The lowest BCUT2D eigenvalue weighted by atomic mass is 10.0. The first-order chi connectivity index (χ1) is 15.1. The van der Waals surface area contributed by atoms with Crippen molar-refractivity contribution >= 4 is 17.5 Å². The van der Waals surface area contributed by atoms with Gasteiger partial charge >= 0.3 is 5.97 Å². The van der Waals surface area contributed by atoms with Gasteiger partial charge in [0, 0.05) is 17.5 Å². The van der Waals surface area contributed by atoms with Gasteiger partial charge in [-0.25, -0.2) is 0 Å². The monoisotopic (exact) mass is 416 g/mol. The van der Waals surface area contributed by atoms with Gasteiger partial charge < -0.3 is 9.47 Å². The molecule has 158 valence electrons. The number of ether oxygens (including phenoxy) is 2. The second-order valence-corrected chi connectivity index (χ2v) is 6.91. The highest BCUT2D eigenvalue weighted by Crippen LogP contribution is 2.19. The molecule has 0 heterocycles. The van der Waals surface area contributed by atoms with E-state index in [2.05, 4.69) is 0 Å². The molecule has 0 aliphatic heterocycles. The van der Waals surface area contributed by atoms with Crippen LogP contribution in [0, 0.1) is 0 Å². The number of carbonyl (C=O) groups excluding carboxylic acids is 3. The molecule has 5 nitrogen and oxygen atoms in total. The normalized spacial score (nSPS) is 10.4. The van der Waals surface area contributed by atoms with Gasteiger partial charge in [-0.3, -0.25) is 14.4 Å². The van der Waals surface area contributed by atoms with E-state index in [1.165, 1.54) is 0 Å². The predicted octanol–water partition coefficient (Wildman–Crippen LogP) is 5.14. The highest BCUT2D eigenvalue weighted by molar-refractivity contribution is 5.99. The van der Waals surface area contributed by atoms with E-state index in [4.69, 9.17) is 9.47 Å². The Labute approximate surface area is 181 Å². The number of ketones is 2. The SMILES string of the molecule is CCOc1ccc(C(=O)CCC(=O)OCC(=O)c2ccc(-c3ccccc3)cc2)cc1. The Balaban J connectivity index is 1.44. The Kier molecular flexibility index (Phi) is 7.71. The van der Waals surface area contributed by atoms with Crippen LogP contribution in [0.25, 0.3) is 11.1 Å². The van der Waals surface area contributed by atoms with E-state index in [-0.39, 0.29) is 31.0 Å². The Morgan fingerprint density at radius 2 is 1.26 bits per heavy atom. The summed E-state index contributed by atoms with van der Waals surface area (Å²) in [5, 5.41) is 0. The minimum Gasteiger partial charge on any atom is -0.494 e. The molecule has 3 rings (SSSR count). The number of Topliss-reactive ketones (excluding diaryl/α,β-unsaturated/α-hetero) is 2. The minimum atomic E-state index is -0.575. The van der Waals surface area contributed by atoms with Crippen molar-refractivity contribution < 1.29 is 23.9 Å². The summed E-state index contributed by atoms with van der Waals surface area (Å²) in [4.78, 5) is 36.4. The van der Waals surface area contributed by atoms with E-state index in [0.717, 1.165) is 11.1 Å². The number of hydrogen-bond donors (Lipinski definition) is 0. The van der Waals surface area contributed by atoms with Crippen LogP contribution in [0.1, 0.15) is 40.5 Å². The fourth-order valence-corrected chi connectivity index (χ4v) is 3.04. The summed E-state index contributed by atoms with van der Waals surface area (Å²) in [5.41, 5.74) is 3.04. The van der Waals surface area contributed by atoms with Crippen molar-refractivity contribution in [2.24, 2.45) is 0 Å². The molecule has 0 amide bonds. The van der Waals surface area contributed by atoms with Crippen LogP contribution < -0.4 is 4.74 Å². The van der Waals surface area contributed by atoms with E-state index in [0.29, 0.717) is 23.5 Å². The number of hydrogen-bond acceptors (Lipinski definition) is 5. The third-order valence-electron chi connectivity index (χ3n) is 4.72. The quantitative estimate of drug-likeness (QED) is 0.338. The van der Waals surface area contributed by atoms with E-state index in [9.17, 15) is 14.4 Å². The molecule has 0 fully saturated rings. The summed E-state index contributed by atoms with van der Waals surface area (Å²) in [6, 6.07) is 23.8. The van der Waals surface area contributed by atoms with Crippen LogP contribution in [0.2, 0.25) is 0 Å². The van der Waals surface area contributed by atoms with Crippen molar-refractivity contribution in [2.75, 3.05) is 13.2 Å². The summed E-state index contributed by atoms with van der Waals surface area (Å²) in [6.07, 6.45) is -0.0565. The first-order valence-corrected chi connectivity index (χ1v) is 10.2. The molecule has 0 spiro atoms. The summed E-state index contributed by atoms with van der Waals surface area (Å²) >= 11 is 0. The zero-order chi connectivity index (χ0) is 22.1. The van der Waals surface area contributed by atoms with Crippen molar-refractivity contribution in [1.82, 2.24) is 0 Å². The van der Waals surface area contributed by atoms with Gasteiger partial charge in [-0.05, 0) is 42.3 Å². The molecule has 0 bridgehead atoms. The van der Waals surface area contributed by atoms with Crippen LogP contribution in [0.4, 0.5) is 0 Å². The van der Waals surface area contributed by atoms with Crippen molar-refractivity contribution in [3.63, 3.8) is 0 Å². The average molecular weight is 416 g/mol. The molecule has 0 unspecified atom stereocenters. The Hall–Kier alpha value is -3.73. The first kappa shape index (κ1) is 22.0. The summed E-state index contributed by atoms with van der Waals surface area (Å²) < 4.78 is 10.4. The molecule has 5 heteroatoms. The maximum atomic E-state index is 12.3. The van der Waals surface area contributed by atoms with Crippen molar-refractivity contribution in [2.45, 2.75) is 19.8 Å². The van der Waals surface area contributed by atoms with E-state index in [1.807, 2.05) is 49.4 Å². The molecule has 0 radical (unpaired) electrons. The standard InChI is InChI=1S/C26H24O5/c1-2-30-23-14-12-21(13-15-23)24(27)16-17-26(29)31-18-25(28)22-10-8-20(9-11-22)19-6-4-3-5-7-19/h3-15H,2,16-18H2,1H3. The zero-order valence-electron chi connectivity index (χ0n) is 17.4. The summed E-state index contributed by atoms with van der Waals surface area (Å²) in [6.45, 7) is 2.09. The Morgan fingerprint density at radius 1 is 0.677 bits per heavy atom. The van der Waals surface area contributed by atoms with Gasteiger partial charge in [0.05, 0.1) is 13.0 Å². The van der Waals surface area contributed by atoms with Crippen LogP contribution in [0.15, 0.2) is 78.9 Å². The largest absolute Gasteiger partial charge is 0.494 e. The fraction of sp³-hybridized carbons (Fsp3) is 0.192. The van der Waals surface area contributed by atoms with Gasteiger partial charge in [-0.2, -0.15) is 0 Å². The maximum absolute atomic E-state index is 12.3. The van der Waals surface area contributed by atoms with Crippen molar-refractivity contribution in [3.8, 4) is 16.9 Å². The third-order valence-corrected chi connectivity index (χ3v) is 4.72. The third kappa shape index (κ3) is 6.37. The lowest BCUT2D eigenvalue weighted by molar-refractivity contribution is -0.142. The van der Waals surface area contributed by atoms with Gasteiger partial charge in [-0.15, -0.1) is 0 Å². The second kappa shape index (κ2) is 10.9. The van der Waals surface area contributed by atoms with Crippen LogP contribution in [-0.2, 0) is 9.53 Å². The number of carbonyl (C=O) groups is 3. The van der Waals surface area contributed by atoms with Gasteiger partial charge in [0.2, 0.25) is 0 Å². The molecule has 0 saturated carbocycles. The summed E-state index contributed by atoms with van der Waals surface area (Å²) in [7, 11) is 0. The highest BCUT2D eigenvalue weighted by atomic mass is 16.5. The average Bonchev–Trinajstić information content (AvgIpc) is 2.82. The molecule has 0 N–H and O–H groups in total. The van der Waals surface area contributed by atoms with Crippen LogP contribution >= 0.6 is 0 Å². The smallest absolute Gasteiger partial charge is 0.306 e. The van der Waals surface area contributed by atoms with E-state index in [1.54, 1.807) is 36.4 Å². The lowest BCUT2D eigenvalue weighted by Gasteiger charge is -2.06. The molecule has 0 aliphatic rings. The van der Waals surface area contributed by atoms with Gasteiger partial charge in [-0.1, -0.05) is 54.6 Å². The Bertz CT molecular complexity index is 1020. The van der Waals surface area contributed by atoms with Gasteiger partial charge in [0.25, 0.3) is 0 Å². The second-order valence-electron chi connectivity index (χ2n) is 6.91. The van der Waals surface area contributed by atoms with Crippen molar-refractivity contribution in [1.29, 1.82) is 0 Å². The first-order valence-electron chi connectivity index (χ1n) is 10.2. The van der Waals surface area contributed by atoms with E-state index >= 15 is 0 Å². The van der Waals surface area contributed by atoms with E-state index < -0.39 is 5.97 Å². The maximum Gasteiger partial charge on any atom is 0.306 e. The molecular formula is C26H24O5. The van der Waals surface area contributed by atoms with Gasteiger partial charge in [0.1, 0.15) is 5.75 Å². The van der Waals surface area contributed by atoms with Crippen molar-refractivity contribution in [3.05, 3.63) is 90.0 Å². The molecule has 0 aliphatic carbocycles. The topological polar surface area (TPSA) is 69.7 Å². The van der Waals surface area contributed by atoms with Crippen LogP contribution in [-0.4, -0.2) is 30.7 Å². The number of benzene rings is 3. The fourth-order valence-electron chi connectivity index (χ4n) is 3.04. The number of rotatable bonds is 10. The minimum absolute atomic E-state index is 0.0206. The molecule has 0 atom stereocenters. The number of esters is 1. The van der Waals surface area contributed by atoms with Crippen LogP contribution in [0.3, 0.4) is 0 Å². The van der Waals surface area contributed by atoms with Gasteiger partial charge in [0.15, 0.2) is 18.2 Å². The molecule has 0 saturated heterocycles. The molecule has 3 aromatic carbocycles.